The molecule has 7 rings (SSSR count). The molecule has 62 heavy (non-hydrogen) atoms. The molecule has 0 aliphatic heterocycles. The molecule has 7 aromatic rings. The van der Waals surface area contributed by atoms with Gasteiger partial charge in [-0.15, -0.1) is 0 Å². The summed E-state index contributed by atoms with van der Waals surface area (Å²) in [4.78, 5) is 53.5. The fourth-order valence-corrected chi connectivity index (χ4v) is 7.39. The van der Waals surface area contributed by atoms with Crippen LogP contribution >= 0.6 is 0 Å². The van der Waals surface area contributed by atoms with E-state index in [1.165, 1.54) is 0 Å². The van der Waals surface area contributed by atoms with Gasteiger partial charge in [0.05, 0.1) is 35.6 Å². The molecule has 0 aliphatic rings. The van der Waals surface area contributed by atoms with Crippen molar-refractivity contribution in [1.29, 1.82) is 0 Å². The van der Waals surface area contributed by atoms with Crippen molar-refractivity contribution in [2.24, 2.45) is 17.2 Å². The highest BCUT2D eigenvalue weighted by molar-refractivity contribution is 6.12. The number of anilines is 1. The van der Waals surface area contributed by atoms with E-state index in [4.69, 9.17) is 46.4 Å². The van der Waals surface area contributed by atoms with Crippen molar-refractivity contribution in [3.8, 4) is 23.0 Å². The van der Waals surface area contributed by atoms with Crippen LogP contribution in [0.2, 0.25) is 0 Å². The fraction of sp³-hybridized carbons (Fsp3) is 0.349. The van der Waals surface area contributed by atoms with Crippen LogP contribution in [-0.2, 0) is 30.9 Å². The molecule has 0 radical (unpaired) electrons. The van der Waals surface area contributed by atoms with Crippen LogP contribution in [-0.4, -0.2) is 94.8 Å². The maximum atomic E-state index is 13.8. The molecule has 0 atom stereocenters. The molecule has 3 amide bonds. The lowest BCUT2D eigenvalue weighted by atomic mass is 10.1. The van der Waals surface area contributed by atoms with Gasteiger partial charge in [-0.05, 0) is 77.1 Å². The molecule has 19 nitrogen and oxygen atoms in total. The van der Waals surface area contributed by atoms with E-state index in [-0.39, 0.29) is 30.2 Å². The SMILES string of the molecule is CCn1nc(C)cc1C(=O)Nc1nc2cc(C(N)=O)cc(OCCCOC)c2n1CC=CCn1c2nc(-c3cc(C)nn3CC)ncc2c2cc(C(N)=O)cc(OCCCN)c21. The minimum Gasteiger partial charge on any atom is -0.491 e. The van der Waals surface area contributed by atoms with Crippen LogP contribution in [0.25, 0.3) is 44.5 Å². The van der Waals surface area contributed by atoms with Crippen molar-refractivity contribution in [1.82, 2.24) is 43.6 Å². The van der Waals surface area contributed by atoms with Gasteiger partial charge in [0.25, 0.3) is 5.91 Å². The van der Waals surface area contributed by atoms with Gasteiger partial charge in [0.15, 0.2) is 5.82 Å². The van der Waals surface area contributed by atoms with E-state index in [9.17, 15) is 14.4 Å². The maximum Gasteiger partial charge on any atom is 0.276 e. The molecule has 7 N–H and O–H groups in total. The van der Waals surface area contributed by atoms with Gasteiger partial charge in [-0.3, -0.25) is 29.1 Å². The van der Waals surface area contributed by atoms with E-state index < -0.39 is 17.7 Å². The highest BCUT2D eigenvalue weighted by Crippen LogP contribution is 2.37. The summed E-state index contributed by atoms with van der Waals surface area (Å²) in [5.74, 6) is -0.175. The fourth-order valence-electron chi connectivity index (χ4n) is 7.39. The Kier molecular flexibility index (Phi) is 12.9. The molecular formula is C43H51N13O6. The van der Waals surface area contributed by atoms with E-state index in [2.05, 4.69) is 15.5 Å². The van der Waals surface area contributed by atoms with E-state index in [1.54, 1.807) is 52.9 Å². The number of methoxy groups -OCH3 is 1. The Morgan fingerprint density at radius 2 is 1.40 bits per heavy atom. The zero-order chi connectivity index (χ0) is 44.1. The number of nitrogens with two attached hydrogens (primary N) is 3. The number of primary amides is 2. The molecule has 5 aromatic heterocycles. The summed E-state index contributed by atoms with van der Waals surface area (Å²) in [6, 6.07) is 10.2. The van der Waals surface area contributed by atoms with Crippen molar-refractivity contribution in [3.63, 3.8) is 0 Å². The Morgan fingerprint density at radius 3 is 2.08 bits per heavy atom. The summed E-state index contributed by atoms with van der Waals surface area (Å²) < 4.78 is 25.0. The van der Waals surface area contributed by atoms with E-state index in [1.807, 2.05) is 55.2 Å². The number of carbonyl (C=O) groups is 3. The molecule has 5 heterocycles. The van der Waals surface area contributed by atoms with Crippen LogP contribution in [0.1, 0.15) is 69.3 Å². The predicted octanol–water partition coefficient (Wildman–Crippen LogP) is 4.50. The van der Waals surface area contributed by atoms with Gasteiger partial charge in [-0.25, -0.2) is 15.0 Å². The normalized spacial score (nSPS) is 11.7. The van der Waals surface area contributed by atoms with Crippen LogP contribution in [0.3, 0.4) is 0 Å². The minimum absolute atomic E-state index is 0.200. The summed E-state index contributed by atoms with van der Waals surface area (Å²) in [6.45, 7) is 10.7. The number of aryl methyl sites for hydroxylation is 4. The molecule has 19 heteroatoms. The Hall–Kier alpha value is -7.12. The predicted molar refractivity (Wildman–Crippen MR) is 234 cm³/mol. The number of carbonyl (C=O) groups excluding carboxylic acids is 3. The first-order chi connectivity index (χ1) is 30.0. The van der Waals surface area contributed by atoms with E-state index in [0.29, 0.717) is 114 Å². The van der Waals surface area contributed by atoms with Gasteiger partial charge in [-0.2, -0.15) is 10.2 Å². The van der Waals surface area contributed by atoms with Crippen LogP contribution < -0.4 is 32.0 Å². The number of aromatic nitrogens is 9. The number of hydrogen-bond acceptors (Lipinski definition) is 12. The van der Waals surface area contributed by atoms with E-state index >= 15 is 0 Å². The average Bonchev–Trinajstić information content (AvgIpc) is 4.01. The Bertz CT molecular complexity index is 2830. The first-order valence-corrected chi connectivity index (χ1v) is 20.4. The lowest BCUT2D eigenvalue weighted by Crippen LogP contribution is -2.20. The lowest BCUT2D eigenvalue weighted by Gasteiger charge is -2.13. The Balaban J connectivity index is 1.34. The number of benzene rings is 2. The first-order valence-electron chi connectivity index (χ1n) is 20.4. The lowest BCUT2D eigenvalue weighted by molar-refractivity contribution is 0.0991. The summed E-state index contributed by atoms with van der Waals surface area (Å²) in [5.41, 5.74) is 22.7. The van der Waals surface area contributed by atoms with Gasteiger partial charge in [-0.1, -0.05) is 12.2 Å². The summed E-state index contributed by atoms with van der Waals surface area (Å²) in [7, 11) is 1.61. The molecule has 0 aliphatic carbocycles. The molecule has 0 saturated heterocycles. The second-order valence-electron chi connectivity index (χ2n) is 14.6. The summed E-state index contributed by atoms with van der Waals surface area (Å²) in [5, 5.41) is 13.4. The number of fused-ring (bicyclic) bond motifs is 4. The standard InChI is InChI=1S/C43H51N13O6/c1-6-55-32(18-25(3)51-55)40-47-24-30-29-20-27(38(45)57)22-34(61-16-10-12-44)36(29)53(41(30)49-40)13-8-9-14-54-37-31(21-28(39(46)58)23-35(37)62-17-11-15-60-5)48-43(54)50-42(59)33-19-26(4)52-56(33)7-2/h8-9,18-24H,6-7,10-17,44H2,1-5H3,(H2,45,57)(H2,46,58)(H,48,50,59). The third kappa shape index (κ3) is 8.70. The molecular weight excluding hydrogens is 795 g/mol. The van der Waals surface area contributed by atoms with Crippen LogP contribution in [0.15, 0.2) is 54.7 Å². The van der Waals surface area contributed by atoms with E-state index in [0.717, 1.165) is 11.4 Å². The second kappa shape index (κ2) is 18.7. The first kappa shape index (κ1) is 43.0. The molecule has 324 valence electrons. The average molecular weight is 846 g/mol. The largest absolute Gasteiger partial charge is 0.491 e. The number of hydrogen-bond donors (Lipinski definition) is 4. The Labute approximate surface area is 356 Å². The van der Waals surface area contributed by atoms with Crippen LogP contribution in [0.4, 0.5) is 5.95 Å². The van der Waals surface area contributed by atoms with Gasteiger partial charge < -0.3 is 40.5 Å². The number of amides is 3. The molecule has 0 saturated carbocycles. The quantitative estimate of drug-likeness (QED) is 0.0611. The second-order valence-corrected chi connectivity index (χ2v) is 14.6. The zero-order valence-corrected chi connectivity index (χ0v) is 35.5. The van der Waals surface area contributed by atoms with Crippen molar-refractivity contribution in [2.45, 2.75) is 66.7 Å². The van der Waals surface area contributed by atoms with Crippen molar-refractivity contribution in [2.75, 3.05) is 38.8 Å². The number of nitrogens with zero attached hydrogens (tertiary/aromatic N) is 9. The number of rotatable bonds is 20. The van der Waals surface area contributed by atoms with Crippen molar-refractivity contribution >= 4 is 56.6 Å². The molecule has 0 fully saturated rings. The van der Waals surface area contributed by atoms with Gasteiger partial charge in [0.2, 0.25) is 17.8 Å². The Morgan fingerprint density at radius 1 is 0.758 bits per heavy atom. The molecule has 0 bridgehead atoms. The topological polar surface area (TPSA) is 253 Å². The monoisotopic (exact) mass is 845 g/mol. The number of nitrogens with one attached hydrogen (secondary N) is 1. The molecule has 0 spiro atoms. The number of allylic oxidation sites excluding steroid dienone is 2. The highest BCUT2D eigenvalue weighted by Gasteiger charge is 2.23. The number of imidazole rings is 1. The van der Waals surface area contributed by atoms with Crippen LogP contribution in [0.5, 0.6) is 11.5 Å². The van der Waals surface area contributed by atoms with Crippen molar-refractivity contribution < 1.29 is 28.6 Å². The highest BCUT2D eigenvalue weighted by atomic mass is 16.5. The van der Waals surface area contributed by atoms with Gasteiger partial charge in [0.1, 0.15) is 34.1 Å². The zero-order valence-electron chi connectivity index (χ0n) is 35.5. The third-order valence-electron chi connectivity index (χ3n) is 10.2. The minimum atomic E-state index is -0.655. The van der Waals surface area contributed by atoms with Gasteiger partial charge >= 0.3 is 0 Å². The van der Waals surface area contributed by atoms with Crippen LogP contribution in [0, 0.1) is 13.8 Å². The summed E-state index contributed by atoms with van der Waals surface area (Å²) in [6.07, 6.45) is 6.79. The smallest absolute Gasteiger partial charge is 0.276 e. The summed E-state index contributed by atoms with van der Waals surface area (Å²) >= 11 is 0. The third-order valence-corrected chi connectivity index (χ3v) is 10.2. The molecule has 2 aromatic carbocycles. The molecule has 0 unspecified atom stereocenters. The van der Waals surface area contributed by atoms with Gasteiger partial charge in [0, 0.05) is 74.4 Å². The maximum absolute atomic E-state index is 13.8. The number of ether oxygens (including phenoxy) is 3. The van der Waals surface area contributed by atoms with Crippen molar-refractivity contribution in [3.05, 3.63) is 83.0 Å².